The lowest BCUT2D eigenvalue weighted by Crippen LogP contribution is -2.19. The number of aromatic hydroxyl groups is 1. The van der Waals surface area contributed by atoms with Crippen molar-refractivity contribution in [1.29, 1.82) is 0 Å². The number of amides is 1. The van der Waals surface area contributed by atoms with E-state index >= 15 is 0 Å². The minimum absolute atomic E-state index is 0.00268. The van der Waals surface area contributed by atoms with Crippen LogP contribution in [0.1, 0.15) is 16.1 Å². The number of aryl methyl sites for hydroxylation is 1. The zero-order valence-electron chi connectivity index (χ0n) is 13.9. The number of phenols is 1. The highest BCUT2D eigenvalue weighted by atomic mass is 16.5. The van der Waals surface area contributed by atoms with Crippen LogP contribution in [0.3, 0.4) is 0 Å². The zero-order valence-corrected chi connectivity index (χ0v) is 13.9. The van der Waals surface area contributed by atoms with Crippen LogP contribution < -0.4 is 5.32 Å². The van der Waals surface area contributed by atoms with Crippen molar-refractivity contribution in [3.05, 3.63) is 59.8 Å². The highest BCUT2D eigenvalue weighted by molar-refractivity contribution is 5.99. The summed E-state index contributed by atoms with van der Waals surface area (Å²) in [5.41, 5.74) is 2.09. The maximum atomic E-state index is 12.4. The van der Waals surface area contributed by atoms with E-state index in [1.165, 1.54) is 19.2 Å². The number of esters is 1. The van der Waals surface area contributed by atoms with Crippen LogP contribution in [-0.4, -0.2) is 28.7 Å². The Morgan fingerprint density at radius 3 is 2.68 bits per heavy atom. The molecule has 3 rings (SSSR count). The minimum Gasteiger partial charge on any atom is -0.505 e. The van der Waals surface area contributed by atoms with Crippen molar-refractivity contribution >= 4 is 28.5 Å². The van der Waals surface area contributed by atoms with E-state index < -0.39 is 5.97 Å². The molecule has 0 unspecified atom stereocenters. The van der Waals surface area contributed by atoms with Gasteiger partial charge >= 0.3 is 5.97 Å². The van der Waals surface area contributed by atoms with Crippen molar-refractivity contribution in [2.45, 2.75) is 13.5 Å². The quantitative estimate of drug-likeness (QED) is 0.566. The fourth-order valence-electron chi connectivity index (χ4n) is 2.81. The van der Waals surface area contributed by atoms with Crippen LogP contribution in [0, 0.1) is 6.92 Å². The Kier molecular flexibility index (Phi) is 4.43. The molecule has 0 aliphatic rings. The molecule has 3 aromatic rings. The van der Waals surface area contributed by atoms with Crippen molar-refractivity contribution in [1.82, 2.24) is 4.57 Å². The first-order valence-electron chi connectivity index (χ1n) is 7.76. The molecule has 25 heavy (non-hydrogen) atoms. The third kappa shape index (κ3) is 3.19. The average Bonchev–Trinajstić information content (AvgIpc) is 2.92. The summed E-state index contributed by atoms with van der Waals surface area (Å²) in [6.07, 6.45) is 0. The van der Waals surface area contributed by atoms with Crippen LogP contribution in [-0.2, 0) is 16.1 Å². The van der Waals surface area contributed by atoms with Gasteiger partial charge in [-0.2, -0.15) is 0 Å². The molecule has 128 valence electrons. The van der Waals surface area contributed by atoms with Gasteiger partial charge in [-0.1, -0.05) is 24.3 Å². The molecule has 0 bridgehead atoms. The fourth-order valence-corrected chi connectivity index (χ4v) is 2.81. The number of fused-ring (bicyclic) bond motifs is 1. The van der Waals surface area contributed by atoms with Gasteiger partial charge in [-0.25, -0.2) is 4.79 Å². The molecule has 1 heterocycles. The Labute approximate surface area is 144 Å². The molecule has 2 aromatic carbocycles. The Morgan fingerprint density at radius 1 is 1.16 bits per heavy atom. The van der Waals surface area contributed by atoms with Gasteiger partial charge in [0.1, 0.15) is 12.1 Å². The lowest BCUT2D eigenvalue weighted by atomic mass is 10.1. The number of benzene rings is 2. The molecule has 0 saturated heterocycles. The highest BCUT2D eigenvalue weighted by Crippen LogP contribution is 2.28. The van der Waals surface area contributed by atoms with E-state index in [0.29, 0.717) is 0 Å². The number of hydrogen-bond donors (Lipinski definition) is 2. The van der Waals surface area contributed by atoms with Crippen LogP contribution in [0.25, 0.3) is 10.9 Å². The van der Waals surface area contributed by atoms with Crippen molar-refractivity contribution in [2.24, 2.45) is 0 Å². The number of hydrogen-bond acceptors (Lipinski definition) is 4. The Bertz CT molecular complexity index is 959. The molecule has 0 fully saturated rings. The van der Waals surface area contributed by atoms with Crippen LogP contribution in [0.2, 0.25) is 0 Å². The molecular weight excluding hydrogens is 320 g/mol. The van der Waals surface area contributed by atoms with Crippen LogP contribution >= 0.6 is 0 Å². The number of aromatic nitrogens is 1. The van der Waals surface area contributed by atoms with E-state index in [9.17, 15) is 14.7 Å². The molecule has 0 aliphatic carbocycles. The van der Waals surface area contributed by atoms with Crippen LogP contribution in [0.15, 0.2) is 48.5 Å². The summed E-state index contributed by atoms with van der Waals surface area (Å²) in [6, 6.07) is 14.3. The molecular formula is C19H18N2O4. The topological polar surface area (TPSA) is 80.6 Å². The number of phenolic OH excluding ortho intramolecular Hbond substituents is 1. The number of methoxy groups -OCH3 is 1. The Balaban J connectivity index is 1.83. The van der Waals surface area contributed by atoms with E-state index in [2.05, 4.69) is 10.1 Å². The molecule has 0 aliphatic heterocycles. The maximum absolute atomic E-state index is 12.4. The predicted molar refractivity (Wildman–Crippen MR) is 94.8 cm³/mol. The van der Waals surface area contributed by atoms with E-state index in [1.54, 1.807) is 6.07 Å². The first kappa shape index (κ1) is 16.6. The summed E-state index contributed by atoms with van der Waals surface area (Å²) in [7, 11) is 1.23. The molecule has 1 amide bonds. The molecule has 6 nitrogen and oxygen atoms in total. The standard InChI is InChI=1S/C19H18N2O4/c1-12-10-13-6-3-4-9-16(13)21(12)11-17(22)20-15-8-5-7-14(18(15)23)19(24)25-2/h3-10,23H,11H2,1-2H3,(H,20,22). The van der Waals surface area contributed by atoms with Gasteiger partial charge in [-0.3, -0.25) is 4.79 Å². The zero-order chi connectivity index (χ0) is 18.0. The summed E-state index contributed by atoms with van der Waals surface area (Å²) in [6.45, 7) is 2.03. The summed E-state index contributed by atoms with van der Waals surface area (Å²) in [5, 5.41) is 13.9. The maximum Gasteiger partial charge on any atom is 0.341 e. The van der Waals surface area contributed by atoms with Crippen molar-refractivity contribution in [2.75, 3.05) is 12.4 Å². The first-order valence-corrected chi connectivity index (χ1v) is 7.76. The number of nitrogens with zero attached hydrogens (tertiary/aromatic N) is 1. The number of rotatable bonds is 4. The van der Waals surface area contributed by atoms with Gasteiger partial charge < -0.3 is 19.7 Å². The summed E-state index contributed by atoms with van der Waals surface area (Å²) >= 11 is 0. The molecule has 0 radical (unpaired) electrons. The van der Waals surface area contributed by atoms with E-state index in [-0.39, 0.29) is 29.5 Å². The highest BCUT2D eigenvalue weighted by Gasteiger charge is 2.16. The van der Waals surface area contributed by atoms with E-state index in [1.807, 2.05) is 41.8 Å². The predicted octanol–water partition coefficient (Wildman–Crippen LogP) is 3.08. The molecule has 6 heteroatoms. The summed E-state index contributed by atoms with van der Waals surface area (Å²) < 4.78 is 6.51. The number of anilines is 1. The van der Waals surface area contributed by atoms with Gasteiger partial charge in [0, 0.05) is 11.2 Å². The lowest BCUT2D eigenvalue weighted by Gasteiger charge is -2.12. The van der Waals surface area contributed by atoms with Gasteiger partial charge in [0.25, 0.3) is 0 Å². The molecule has 0 spiro atoms. The summed E-state index contributed by atoms with van der Waals surface area (Å²) in [4.78, 5) is 24.0. The molecule has 2 N–H and O–H groups in total. The Morgan fingerprint density at radius 2 is 1.92 bits per heavy atom. The number of carbonyl (C=O) groups excluding carboxylic acids is 2. The first-order chi connectivity index (χ1) is 12.0. The summed E-state index contributed by atoms with van der Waals surface area (Å²) in [5.74, 6) is -1.28. The second-order valence-corrected chi connectivity index (χ2v) is 5.67. The minimum atomic E-state index is -0.666. The fraction of sp³-hybridized carbons (Fsp3) is 0.158. The number of carbonyl (C=O) groups is 2. The normalized spacial score (nSPS) is 10.6. The van der Waals surface area contributed by atoms with Crippen molar-refractivity contribution in [3.63, 3.8) is 0 Å². The van der Waals surface area contributed by atoms with E-state index in [0.717, 1.165) is 16.6 Å². The number of para-hydroxylation sites is 2. The van der Waals surface area contributed by atoms with Crippen LogP contribution in [0.4, 0.5) is 5.69 Å². The van der Waals surface area contributed by atoms with Crippen molar-refractivity contribution < 1.29 is 19.4 Å². The van der Waals surface area contributed by atoms with Crippen molar-refractivity contribution in [3.8, 4) is 5.75 Å². The van der Waals surface area contributed by atoms with Gasteiger partial charge in [-0.15, -0.1) is 0 Å². The number of nitrogens with one attached hydrogen (secondary N) is 1. The third-order valence-electron chi connectivity index (χ3n) is 4.03. The lowest BCUT2D eigenvalue weighted by molar-refractivity contribution is -0.116. The van der Waals surface area contributed by atoms with Gasteiger partial charge in [0.05, 0.1) is 12.8 Å². The Hall–Kier alpha value is -3.28. The largest absolute Gasteiger partial charge is 0.505 e. The third-order valence-corrected chi connectivity index (χ3v) is 4.03. The molecule has 0 saturated carbocycles. The van der Waals surface area contributed by atoms with Gasteiger partial charge in [-0.05, 0) is 36.6 Å². The molecule has 0 atom stereocenters. The monoisotopic (exact) mass is 338 g/mol. The SMILES string of the molecule is COC(=O)c1cccc(NC(=O)Cn2c(C)cc3ccccc32)c1O. The van der Waals surface area contributed by atoms with Gasteiger partial charge in [0.2, 0.25) is 5.91 Å². The molecule has 1 aromatic heterocycles. The second-order valence-electron chi connectivity index (χ2n) is 5.67. The smallest absolute Gasteiger partial charge is 0.341 e. The van der Waals surface area contributed by atoms with E-state index in [4.69, 9.17) is 0 Å². The average molecular weight is 338 g/mol. The van der Waals surface area contributed by atoms with Crippen LogP contribution in [0.5, 0.6) is 5.75 Å². The van der Waals surface area contributed by atoms with Gasteiger partial charge in [0.15, 0.2) is 5.75 Å². The number of ether oxygens (including phenoxy) is 1. The second kappa shape index (κ2) is 6.68.